The van der Waals surface area contributed by atoms with E-state index in [1.165, 1.54) is 0 Å². The Labute approximate surface area is 102 Å². The van der Waals surface area contributed by atoms with Crippen LogP contribution in [0.4, 0.5) is 0 Å². The van der Waals surface area contributed by atoms with Gasteiger partial charge in [0.1, 0.15) is 0 Å². The molecule has 2 unspecified atom stereocenters. The lowest BCUT2D eigenvalue weighted by Gasteiger charge is -2.32. The van der Waals surface area contributed by atoms with Crippen molar-refractivity contribution < 1.29 is 10.2 Å². The highest BCUT2D eigenvalue weighted by atomic mass is 35.5. The molecule has 3 heteroatoms. The third kappa shape index (κ3) is 2.97. The highest BCUT2D eigenvalue weighted by Gasteiger charge is 2.32. The van der Waals surface area contributed by atoms with E-state index in [0.717, 1.165) is 18.4 Å². The van der Waals surface area contributed by atoms with Crippen LogP contribution >= 0.6 is 11.6 Å². The molecule has 0 aliphatic carbocycles. The van der Waals surface area contributed by atoms with Gasteiger partial charge in [0, 0.05) is 10.4 Å². The van der Waals surface area contributed by atoms with Crippen molar-refractivity contribution in [2.24, 2.45) is 5.41 Å². The van der Waals surface area contributed by atoms with Gasteiger partial charge in [0.15, 0.2) is 0 Å². The van der Waals surface area contributed by atoms with Gasteiger partial charge < -0.3 is 10.2 Å². The van der Waals surface area contributed by atoms with Crippen molar-refractivity contribution in [1.82, 2.24) is 0 Å². The fraction of sp³-hybridized carbons (Fsp3) is 0.538. The van der Waals surface area contributed by atoms with Crippen molar-refractivity contribution in [3.05, 3.63) is 34.9 Å². The van der Waals surface area contributed by atoms with Gasteiger partial charge in [-0.1, -0.05) is 44.0 Å². The summed E-state index contributed by atoms with van der Waals surface area (Å²) in [6.07, 6.45) is 1.06. The van der Waals surface area contributed by atoms with Gasteiger partial charge in [0.25, 0.3) is 0 Å². The summed E-state index contributed by atoms with van der Waals surface area (Å²) in [6, 6.07) is 7.11. The first-order valence-corrected chi connectivity index (χ1v) is 5.95. The summed E-state index contributed by atoms with van der Waals surface area (Å²) in [5, 5.41) is 20.3. The van der Waals surface area contributed by atoms with Crippen LogP contribution in [0.25, 0.3) is 0 Å². The van der Waals surface area contributed by atoms with Gasteiger partial charge in [-0.15, -0.1) is 0 Å². The number of rotatable bonds is 5. The lowest BCUT2D eigenvalue weighted by atomic mass is 9.78. The average Bonchev–Trinajstić information content (AvgIpc) is 2.29. The average molecular weight is 243 g/mol. The molecule has 1 aromatic carbocycles. The predicted molar refractivity (Wildman–Crippen MR) is 66.5 cm³/mol. The Morgan fingerprint density at radius 1 is 1.31 bits per heavy atom. The number of aliphatic hydroxyl groups excluding tert-OH is 2. The SMILES string of the molecule is CCCC(C)(CO)C(O)c1ccc(Cl)cc1. The van der Waals surface area contributed by atoms with Crippen LogP contribution in [0.1, 0.15) is 38.4 Å². The molecule has 0 saturated carbocycles. The molecule has 0 fully saturated rings. The Kier molecular flexibility index (Phi) is 4.78. The van der Waals surface area contributed by atoms with Crippen LogP contribution in [0.3, 0.4) is 0 Å². The molecule has 0 bridgehead atoms. The van der Waals surface area contributed by atoms with E-state index in [1.54, 1.807) is 24.3 Å². The minimum atomic E-state index is -0.658. The van der Waals surface area contributed by atoms with Gasteiger partial charge in [0.2, 0.25) is 0 Å². The van der Waals surface area contributed by atoms with E-state index in [-0.39, 0.29) is 6.61 Å². The zero-order chi connectivity index (χ0) is 12.2. The Balaban J connectivity index is 2.90. The van der Waals surface area contributed by atoms with Crippen molar-refractivity contribution >= 4 is 11.6 Å². The van der Waals surface area contributed by atoms with Gasteiger partial charge in [-0.25, -0.2) is 0 Å². The van der Waals surface area contributed by atoms with E-state index in [0.29, 0.717) is 5.02 Å². The molecule has 2 nitrogen and oxygen atoms in total. The molecule has 2 atom stereocenters. The first kappa shape index (κ1) is 13.5. The molecule has 0 aliphatic rings. The molecule has 0 radical (unpaired) electrons. The molecule has 1 aromatic rings. The van der Waals surface area contributed by atoms with E-state index >= 15 is 0 Å². The summed E-state index contributed by atoms with van der Waals surface area (Å²) in [5.41, 5.74) is 0.317. The minimum absolute atomic E-state index is 0.0232. The van der Waals surface area contributed by atoms with Crippen LogP contribution < -0.4 is 0 Å². The van der Waals surface area contributed by atoms with Gasteiger partial charge in [0.05, 0.1) is 12.7 Å². The lowest BCUT2D eigenvalue weighted by Crippen LogP contribution is -2.29. The number of benzene rings is 1. The summed E-state index contributed by atoms with van der Waals surface area (Å²) in [5.74, 6) is 0. The largest absolute Gasteiger partial charge is 0.396 e. The Morgan fingerprint density at radius 3 is 2.31 bits per heavy atom. The van der Waals surface area contributed by atoms with E-state index in [1.807, 2.05) is 13.8 Å². The molecule has 0 aromatic heterocycles. The van der Waals surface area contributed by atoms with Gasteiger partial charge in [-0.05, 0) is 24.1 Å². The third-order valence-electron chi connectivity index (χ3n) is 3.03. The van der Waals surface area contributed by atoms with E-state index in [9.17, 15) is 10.2 Å². The molecule has 0 heterocycles. The Hall–Kier alpha value is -0.570. The van der Waals surface area contributed by atoms with Crippen molar-refractivity contribution in [3.8, 4) is 0 Å². The van der Waals surface area contributed by atoms with Crippen molar-refractivity contribution in [1.29, 1.82) is 0 Å². The second kappa shape index (κ2) is 5.67. The molecular weight excluding hydrogens is 224 g/mol. The standard InChI is InChI=1S/C13H19ClO2/c1-3-8-13(2,9-15)12(16)10-4-6-11(14)7-5-10/h4-7,12,15-16H,3,8-9H2,1-2H3. The van der Waals surface area contributed by atoms with Crippen LogP contribution in [0.5, 0.6) is 0 Å². The summed E-state index contributed by atoms with van der Waals surface area (Å²) in [4.78, 5) is 0. The Bertz CT molecular complexity index is 323. The van der Waals surface area contributed by atoms with Crippen molar-refractivity contribution in [2.75, 3.05) is 6.61 Å². The van der Waals surface area contributed by atoms with Crippen LogP contribution in [-0.2, 0) is 0 Å². The van der Waals surface area contributed by atoms with Crippen molar-refractivity contribution in [2.45, 2.75) is 32.8 Å². The molecule has 0 amide bonds. The van der Waals surface area contributed by atoms with Crippen LogP contribution in [-0.4, -0.2) is 16.8 Å². The summed E-state index contributed by atoms with van der Waals surface area (Å²) < 4.78 is 0. The van der Waals surface area contributed by atoms with Crippen LogP contribution in [0, 0.1) is 5.41 Å². The highest BCUT2D eigenvalue weighted by Crippen LogP contribution is 2.37. The van der Waals surface area contributed by atoms with E-state index < -0.39 is 11.5 Å². The predicted octanol–water partition coefficient (Wildman–Crippen LogP) is 3.17. The first-order chi connectivity index (χ1) is 7.53. The first-order valence-electron chi connectivity index (χ1n) is 5.58. The monoisotopic (exact) mass is 242 g/mol. The number of aliphatic hydroxyl groups is 2. The maximum atomic E-state index is 10.3. The van der Waals surface area contributed by atoms with E-state index in [2.05, 4.69) is 0 Å². The highest BCUT2D eigenvalue weighted by molar-refractivity contribution is 6.30. The van der Waals surface area contributed by atoms with Gasteiger partial charge >= 0.3 is 0 Å². The zero-order valence-electron chi connectivity index (χ0n) is 9.78. The molecule has 2 N–H and O–H groups in total. The topological polar surface area (TPSA) is 40.5 Å². The van der Waals surface area contributed by atoms with Crippen LogP contribution in [0.2, 0.25) is 5.02 Å². The molecule has 0 aliphatic heterocycles. The quantitative estimate of drug-likeness (QED) is 0.833. The van der Waals surface area contributed by atoms with Crippen molar-refractivity contribution in [3.63, 3.8) is 0 Å². The fourth-order valence-corrected chi connectivity index (χ4v) is 2.05. The number of hydrogen-bond donors (Lipinski definition) is 2. The molecule has 16 heavy (non-hydrogen) atoms. The van der Waals surface area contributed by atoms with Gasteiger partial charge in [-0.3, -0.25) is 0 Å². The van der Waals surface area contributed by atoms with Crippen LogP contribution in [0.15, 0.2) is 24.3 Å². The summed E-state index contributed by atoms with van der Waals surface area (Å²) >= 11 is 5.79. The zero-order valence-corrected chi connectivity index (χ0v) is 10.5. The van der Waals surface area contributed by atoms with E-state index in [4.69, 9.17) is 11.6 Å². The number of halogens is 1. The second-order valence-electron chi connectivity index (χ2n) is 4.52. The number of hydrogen-bond acceptors (Lipinski definition) is 2. The lowest BCUT2D eigenvalue weighted by molar-refractivity contribution is -0.0132. The molecule has 0 spiro atoms. The molecule has 0 saturated heterocycles. The molecule has 1 rings (SSSR count). The maximum absolute atomic E-state index is 10.3. The molecular formula is C13H19ClO2. The smallest absolute Gasteiger partial charge is 0.0865 e. The second-order valence-corrected chi connectivity index (χ2v) is 4.95. The maximum Gasteiger partial charge on any atom is 0.0865 e. The minimum Gasteiger partial charge on any atom is -0.396 e. The normalized spacial score (nSPS) is 16.8. The summed E-state index contributed by atoms with van der Waals surface area (Å²) in [6.45, 7) is 3.92. The fourth-order valence-electron chi connectivity index (χ4n) is 1.92. The Morgan fingerprint density at radius 2 is 1.88 bits per heavy atom. The summed E-state index contributed by atoms with van der Waals surface area (Å²) in [7, 11) is 0. The van der Waals surface area contributed by atoms with Gasteiger partial charge in [-0.2, -0.15) is 0 Å². The third-order valence-corrected chi connectivity index (χ3v) is 3.28. The molecule has 90 valence electrons.